The van der Waals surface area contributed by atoms with E-state index in [4.69, 9.17) is 11.6 Å². The molecule has 0 saturated heterocycles. The first-order chi connectivity index (χ1) is 8.04. The Labute approximate surface area is 102 Å². The van der Waals surface area contributed by atoms with Crippen LogP contribution in [0.1, 0.15) is 6.92 Å². The molecule has 0 bridgehead atoms. The van der Waals surface area contributed by atoms with Gasteiger partial charge in [0.05, 0.1) is 24.4 Å². The van der Waals surface area contributed by atoms with E-state index >= 15 is 0 Å². The Morgan fingerprint density at radius 3 is 3.00 bits per heavy atom. The molecule has 0 fully saturated rings. The number of hydrogen-bond acceptors (Lipinski definition) is 5. The maximum absolute atomic E-state index is 10.9. The predicted molar refractivity (Wildman–Crippen MR) is 59.7 cm³/mol. The second kappa shape index (κ2) is 6.00. The normalized spacial score (nSPS) is 10.7. The Morgan fingerprint density at radius 1 is 1.76 bits per heavy atom. The number of ether oxygens (including phenoxy) is 1. The van der Waals surface area contributed by atoms with Gasteiger partial charge in [0.2, 0.25) is 0 Å². The molecule has 0 atom stereocenters. The molecule has 0 aliphatic rings. The van der Waals surface area contributed by atoms with Crippen molar-refractivity contribution in [1.29, 1.82) is 0 Å². The quantitative estimate of drug-likeness (QED) is 0.347. The Balaban J connectivity index is 2.61. The van der Waals surface area contributed by atoms with Crippen LogP contribution in [0.15, 0.2) is 18.3 Å². The predicted octanol–water partition coefficient (Wildman–Crippen LogP) is 1.56. The molecule has 1 aromatic heterocycles. The minimum Gasteiger partial charge on any atom is -0.463 e. The number of aromatic nitrogens is 2. The van der Waals surface area contributed by atoms with Crippen molar-refractivity contribution in [2.45, 2.75) is 13.5 Å². The molecule has 0 amide bonds. The molecule has 7 nitrogen and oxygen atoms in total. The van der Waals surface area contributed by atoms with E-state index in [9.17, 15) is 14.9 Å². The lowest BCUT2D eigenvalue weighted by atomic mass is 10.5. The summed E-state index contributed by atoms with van der Waals surface area (Å²) in [6.45, 7) is 2.19. The zero-order chi connectivity index (χ0) is 12.8. The fourth-order valence-corrected chi connectivity index (χ4v) is 1.27. The second-order valence-corrected chi connectivity index (χ2v) is 3.34. The van der Waals surface area contributed by atoms with Crippen molar-refractivity contribution in [2.24, 2.45) is 0 Å². The third kappa shape index (κ3) is 3.87. The SMILES string of the molecule is CCOC(=O)/C=C/Cn1cc(Cl)c([N+](=O)[O-])n1. The van der Waals surface area contributed by atoms with Gasteiger partial charge in [-0.05, 0) is 11.8 Å². The molecular weight excluding hydrogens is 250 g/mol. The summed E-state index contributed by atoms with van der Waals surface area (Å²) in [5, 5.41) is 14.0. The molecule has 0 saturated carbocycles. The first kappa shape index (κ1) is 13.2. The summed E-state index contributed by atoms with van der Waals surface area (Å²) >= 11 is 5.59. The van der Waals surface area contributed by atoms with Crippen LogP contribution in [0.25, 0.3) is 0 Å². The summed E-state index contributed by atoms with van der Waals surface area (Å²) in [5.41, 5.74) is 0. The lowest BCUT2D eigenvalue weighted by Crippen LogP contribution is -2.01. The summed E-state index contributed by atoms with van der Waals surface area (Å²) in [4.78, 5) is 20.7. The summed E-state index contributed by atoms with van der Waals surface area (Å²) in [6, 6.07) is 0. The van der Waals surface area contributed by atoms with Crippen LogP contribution in [-0.2, 0) is 16.1 Å². The van der Waals surface area contributed by atoms with E-state index in [2.05, 4.69) is 9.84 Å². The highest BCUT2D eigenvalue weighted by molar-refractivity contribution is 6.32. The molecule has 92 valence electrons. The van der Waals surface area contributed by atoms with E-state index in [0.717, 1.165) is 0 Å². The molecule has 0 aromatic carbocycles. The van der Waals surface area contributed by atoms with Crippen molar-refractivity contribution in [1.82, 2.24) is 9.78 Å². The monoisotopic (exact) mass is 259 g/mol. The largest absolute Gasteiger partial charge is 0.463 e. The maximum Gasteiger partial charge on any atom is 0.408 e. The number of allylic oxidation sites excluding steroid dienone is 1. The van der Waals surface area contributed by atoms with Crippen LogP contribution in [0.4, 0.5) is 5.82 Å². The number of halogens is 1. The Bertz CT molecular complexity index is 455. The van der Waals surface area contributed by atoms with Gasteiger partial charge >= 0.3 is 11.8 Å². The van der Waals surface area contributed by atoms with Crippen LogP contribution in [0.3, 0.4) is 0 Å². The molecule has 0 radical (unpaired) electrons. The molecule has 1 heterocycles. The van der Waals surface area contributed by atoms with Crippen molar-refractivity contribution in [3.05, 3.63) is 33.5 Å². The number of nitro groups is 1. The van der Waals surface area contributed by atoms with E-state index in [1.54, 1.807) is 6.92 Å². The molecule has 1 rings (SSSR count). The topological polar surface area (TPSA) is 87.3 Å². The van der Waals surface area contributed by atoms with Crippen LogP contribution in [0.5, 0.6) is 0 Å². The Hall–Kier alpha value is -1.89. The van der Waals surface area contributed by atoms with Gasteiger partial charge in [0, 0.05) is 6.08 Å². The van der Waals surface area contributed by atoms with Gasteiger partial charge in [0.15, 0.2) is 5.02 Å². The minimum absolute atomic E-state index is 0.0421. The van der Waals surface area contributed by atoms with E-state index in [1.807, 2.05) is 0 Å². The van der Waals surface area contributed by atoms with Gasteiger partial charge in [-0.1, -0.05) is 17.7 Å². The first-order valence-electron chi connectivity index (χ1n) is 4.75. The van der Waals surface area contributed by atoms with Crippen molar-refractivity contribution >= 4 is 23.4 Å². The summed E-state index contributed by atoms with van der Waals surface area (Å²) in [6.07, 6.45) is 4.02. The molecule has 0 aliphatic heterocycles. The van der Waals surface area contributed by atoms with E-state index in [0.29, 0.717) is 6.61 Å². The van der Waals surface area contributed by atoms with Crippen LogP contribution < -0.4 is 0 Å². The summed E-state index contributed by atoms with van der Waals surface area (Å²) in [5.74, 6) is -0.878. The van der Waals surface area contributed by atoms with Crippen molar-refractivity contribution in [3.8, 4) is 0 Å². The van der Waals surface area contributed by atoms with Crippen LogP contribution in [0.2, 0.25) is 5.02 Å². The van der Waals surface area contributed by atoms with Gasteiger partial charge in [0.1, 0.15) is 0 Å². The molecule has 17 heavy (non-hydrogen) atoms. The fourth-order valence-electron chi connectivity index (χ4n) is 1.05. The van der Waals surface area contributed by atoms with Gasteiger partial charge < -0.3 is 14.9 Å². The summed E-state index contributed by atoms with van der Waals surface area (Å²) in [7, 11) is 0. The number of hydrogen-bond donors (Lipinski definition) is 0. The Kier molecular flexibility index (Phi) is 4.65. The molecule has 0 spiro atoms. The number of carbonyl (C=O) groups excluding carboxylic acids is 1. The van der Waals surface area contributed by atoms with Gasteiger partial charge in [-0.2, -0.15) is 4.68 Å². The fraction of sp³-hybridized carbons (Fsp3) is 0.333. The van der Waals surface area contributed by atoms with Gasteiger partial charge in [-0.25, -0.2) is 4.79 Å². The molecule has 8 heteroatoms. The number of nitrogens with zero attached hydrogens (tertiary/aromatic N) is 3. The number of esters is 1. The zero-order valence-corrected chi connectivity index (χ0v) is 9.75. The lowest BCUT2D eigenvalue weighted by Gasteiger charge is -1.93. The summed E-state index contributed by atoms with van der Waals surface area (Å²) < 4.78 is 5.92. The van der Waals surface area contributed by atoms with Crippen molar-refractivity contribution in [3.63, 3.8) is 0 Å². The highest BCUT2D eigenvalue weighted by atomic mass is 35.5. The number of carbonyl (C=O) groups is 1. The third-order valence-electron chi connectivity index (χ3n) is 1.71. The second-order valence-electron chi connectivity index (χ2n) is 2.93. The lowest BCUT2D eigenvalue weighted by molar-refractivity contribution is -0.389. The zero-order valence-electron chi connectivity index (χ0n) is 9.00. The van der Waals surface area contributed by atoms with Gasteiger partial charge in [-0.15, -0.1) is 0 Å². The first-order valence-corrected chi connectivity index (χ1v) is 5.13. The highest BCUT2D eigenvalue weighted by Gasteiger charge is 2.18. The Morgan fingerprint density at radius 2 is 2.47 bits per heavy atom. The molecule has 0 unspecified atom stereocenters. The van der Waals surface area contributed by atoms with Crippen LogP contribution in [-0.4, -0.2) is 27.3 Å². The smallest absolute Gasteiger partial charge is 0.408 e. The number of rotatable bonds is 5. The molecule has 1 aromatic rings. The van der Waals surface area contributed by atoms with Crippen molar-refractivity contribution < 1.29 is 14.5 Å². The van der Waals surface area contributed by atoms with E-state index < -0.39 is 16.7 Å². The maximum atomic E-state index is 10.9. The van der Waals surface area contributed by atoms with Crippen LogP contribution in [0, 0.1) is 10.1 Å². The standard InChI is InChI=1S/C9H10ClN3O4/c1-2-17-8(14)4-3-5-12-6-7(10)9(11-12)13(15)16/h3-4,6H,2,5H2,1H3/b4-3+. The molecular formula is C9H10ClN3O4. The van der Waals surface area contributed by atoms with Gasteiger partial charge in [-0.3, -0.25) is 0 Å². The minimum atomic E-state index is -0.673. The van der Waals surface area contributed by atoms with E-state index in [1.165, 1.54) is 23.0 Å². The van der Waals surface area contributed by atoms with Gasteiger partial charge in [0.25, 0.3) is 0 Å². The van der Waals surface area contributed by atoms with E-state index in [-0.39, 0.29) is 11.6 Å². The highest BCUT2D eigenvalue weighted by Crippen LogP contribution is 2.20. The average Bonchev–Trinajstić information content (AvgIpc) is 2.60. The van der Waals surface area contributed by atoms with Crippen molar-refractivity contribution in [2.75, 3.05) is 6.61 Å². The average molecular weight is 260 g/mol. The van der Waals surface area contributed by atoms with Crippen LogP contribution >= 0.6 is 11.6 Å². The molecule has 0 N–H and O–H groups in total. The molecule has 0 aliphatic carbocycles. The third-order valence-corrected chi connectivity index (χ3v) is 1.97.